The molecule has 0 unspecified atom stereocenters. The third-order valence-corrected chi connectivity index (χ3v) is 5.02. The van der Waals surface area contributed by atoms with Crippen molar-refractivity contribution in [2.75, 3.05) is 23.5 Å². The smallest absolute Gasteiger partial charge is 0.259 e. The van der Waals surface area contributed by atoms with Crippen molar-refractivity contribution >= 4 is 34.6 Å². The number of carbonyl (C=O) groups is 1. The molecule has 1 saturated carbocycles. The highest BCUT2D eigenvalue weighted by atomic mass is 35.5. The molecule has 1 amide bonds. The van der Waals surface area contributed by atoms with Gasteiger partial charge in [-0.25, -0.2) is 0 Å². The molecule has 2 aromatic rings. The summed E-state index contributed by atoms with van der Waals surface area (Å²) >= 11 is 6.30. The molecule has 0 atom stereocenters. The largest absolute Gasteiger partial charge is 0.496 e. The number of methoxy groups -OCH3 is 1. The Hall–Kier alpha value is -2.40. The molecule has 0 heterocycles. The van der Waals surface area contributed by atoms with Gasteiger partial charge in [0.2, 0.25) is 0 Å². The topological polar surface area (TPSA) is 76.4 Å². The van der Waals surface area contributed by atoms with Crippen molar-refractivity contribution in [2.24, 2.45) is 0 Å². The second-order valence-corrected chi connectivity index (χ2v) is 6.96. The van der Waals surface area contributed by atoms with Gasteiger partial charge in [-0.15, -0.1) is 0 Å². The third-order valence-electron chi connectivity index (χ3n) is 4.70. The van der Waals surface area contributed by atoms with Crippen molar-refractivity contribution in [3.8, 4) is 5.75 Å². The summed E-state index contributed by atoms with van der Waals surface area (Å²) < 4.78 is 5.25. The quantitative estimate of drug-likeness (QED) is 0.649. The van der Waals surface area contributed by atoms with E-state index in [1.165, 1.54) is 26.4 Å². The first-order chi connectivity index (χ1) is 12.6. The highest BCUT2D eigenvalue weighted by Gasteiger charge is 2.17. The molecule has 1 fully saturated rings. The maximum atomic E-state index is 12.6. The van der Waals surface area contributed by atoms with Crippen LogP contribution < -0.4 is 21.1 Å². The predicted octanol–water partition coefficient (Wildman–Crippen LogP) is 4.93. The maximum Gasteiger partial charge on any atom is 0.259 e. The van der Waals surface area contributed by atoms with Gasteiger partial charge in [-0.3, -0.25) is 4.79 Å². The van der Waals surface area contributed by atoms with Gasteiger partial charge < -0.3 is 21.1 Å². The molecule has 0 bridgehead atoms. The van der Waals surface area contributed by atoms with Crippen LogP contribution in [0.4, 0.5) is 17.1 Å². The Balaban J connectivity index is 1.80. The van der Waals surface area contributed by atoms with Gasteiger partial charge in [0.15, 0.2) is 0 Å². The second kappa shape index (κ2) is 8.32. The van der Waals surface area contributed by atoms with Crippen LogP contribution in [0.25, 0.3) is 0 Å². The van der Waals surface area contributed by atoms with E-state index in [2.05, 4.69) is 10.6 Å². The second-order valence-electron chi connectivity index (χ2n) is 6.55. The summed E-state index contributed by atoms with van der Waals surface area (Å²) in [6.45, 7) is 0. The average molecular weight is 374 g/mol. The monoisotopic (exact) mass is 373 g/mol. The number of para-hydroxylation sites is 1. The van der Waals surface area contributed by atoms with Crippen molar-refractivity contribution in [1.82, 2.24) is 0 Å². The molecule has 0 saturated heterocycles. The van der Waals surface area contributed by atoms with Gasteiger partial charge in [0.1, 0.15) is 5.75 Å². The molecule has 138 valence electrons. The van der Waals surface area contributed by atoms with E-state index in [1.54, 1.807) is 30.3 Å². The first kappa shape index (κ1) is 18.4. The Kier molecular flexibility index (Phi) is 5.89. The number of nitrogens with one attached hydrogen (secondary N) is 2. The summed E-state index contributed by atoms with van der Waals surface area (Å²) in [7, 11) is 1.54. The van der Waals surface area contributed by atoms with Crippen LogP contribution in [-0.2, 0) is 0 Å². The van der Waals surface area contributed by atoms with Crippen molar-refractivity contribution in [1.29, 1.82) is 0 Å². The molecule has 0 spiro atoms. The minimum absolute atomic E-state index is 0.280. The zero-order valence-corrected chi connectivity index (χ0v) is 15.6. The van der Waals surface area contributed by atoms with Crippen LogP contribution in [0.1, 0.15) is 42.5 Å². The Morgan fingerprint density at radius 1 is 1.15 bits per heavy atom. The maximum absolute atomic E-state index is 12.6. The lowest BCUT2D eigenvalue weighted by molar-refractivity contribution is 0.102. The molecule has 6 heteroatoms. The average Bonchev–Trinajstić information content (AvgIpc) is 2.66. The van der Waals surface area contributed by atoms with Crippen LogP contribution in [0.5, 0.6) is 5.75 Å². The van der Waals surface area contributed by atoms with Gasteiger partial charge in [0.25, 0.3) is 5.91 Å². The third kappa shape index (κ3) is 4.22. The lowest BCUT2D eigenvalue weighted by Crippen LogP contribution is -2.23. The normalized spacial score (nSPS) is 14.7. The Bertz CT molecular complexity index is 789. The van der Waals surface area contributed by atoms with Crippen LogP contribution in [0.3, 0.4) is 0 Å². The predicted molar refractivity (Wildman–Crippen MR) is 107 cm³/mol. The summed E-state index contributed by atoms with van der Waals surface area (Å²) in [6, 6.07) is 10.9. The van der Waals surface area contributed by atoms with Crippen LogP contribution in [0.2, 0.25) is 5.02 Å². The fraction of sp³-hybridized carbons (Fsp3) is 0.350. The highest BCUT2D eigenvalue weighted by molar-refractivity contribution is 6.34. The molecule has 3 rings (SSSR count). The number of amides is 1. The molecule has 0 aromatic heterocycles. The van der Waals surface area contributed by atoms with E-state index in [1.807, 2.05) is 6.07 Å². The van der Waals surface area contributed by atoms with Crippen molar-refractivity contribution < 1.29 is 9.53 Å². The number of hydrogen-bond acceptors (Lipinski definition) is 4. The van der Waals surface area contributed by atoms with Crippen molar-refractivity contribution in [2.45, 2.75) is 38.1 Å². The number of anilines is 3. The number of halogens is 1. The molecular formula is C20H24ClN3O2. The molecule has 0 radical (unpaired) electrons. The summed E-state index contributed by atoms with van der Waals surface area (Å²) in [4.78, 5) is 12.6. The minimum Gasteiger partial charge on any atom is -0.496 e. The number of nitrogens with two attached hydrogens (primary N) is 1. The van der Waals surface area contributed by atoms with E-state index in [4.69, 9.17) is 22.1 Å². The Labute approximate surface area is 158 Å². The zero-order valence-electron chi connectivity index (χ0n) is 14.8. The summed E-state index contributed by atoms with van der Waals surface area (Å²) in [5, 5.41) is 6.76. The number of ether oxygens (including phenoxy) is 1. The molecule has 2 aromatic carbocycles. The van der Waals surface area contributed by atoms with Crippen LogP contribution in [0, 0.1) is 0 Å². The first-order valence-electron chi connectivity index (χ1n) is 8.88. The fourth-order valence-corrected chi connectivity index (χ4v) is 3.52. The van der Waals surface area contributed by atoms with Gasteiger partial charge in [0.05, 0.1) is 34.8 Å². The standard InChI is InChI=1S/C20H24ClN3O2/c1-26-19-10-6-5-9-14(19)20(25)24-17-12-18(16(22)11-15(17)21)23-13-7-3-2-4-8-13/h5-6,9-13,23H,2-4,7-8,22H2,1H3,(H,24,25). The molecular weight excluding hydrogens is 350 g/mol. The summed E-state index contributed by atoms with van der Waals surface area (Å²) in [6.07, 6.45) is 6.00. The van der Waals surface area contributed by atoms with Crippen molar-refractivity contribution in [3.63, 3.8) is 0 Å². The SMILES string of the molecule is COc1ccccc1C(=O)Nc1cc(NC2CCCCC2)c(N)cc1Cl. The number of benzene rings is 2. The highest BCUT2D eigenvalue weighted by Crippen LogP contribution is 2.33. The van der Waals surface area contributed by atoms with Gasteiger partial charge in [-0.2, -0.15) is 0 Å². The minimum atomic E-state index is -0.280. The van der Waals surface area contributed by atoms with Gasteiger partial charge in [-0.1, -0.05) is 43.0 Å². The molecule has 1 aliphatic rings. The molecule has 0 aliphatic heterocycles. The number of carbonyl (C=O) groups excluding carboxylic acids is 1. The van der Waals surface area contributed by atoms with Gasteiger partial charge in [0, 0.05) is 6.04 Å². The number of rotatable bonds is 5. The Morgan fingerprint density at radius 2 is 1.88 bits per heavy atom. The van der Waals surface area contributed by atoms with Crippen LogP contribution >= 0.6 is 11.6 Å². The van der Waals surface area contributed by atoms with E-state index in [9.17, 15) is 4.79 Å². The Morgan fingerprint density at radius 3 is 2.62 bits per heavy atom. The fourth-order valence-electron chi connectivity index (χ4n) is 3.30. The number of nitrogen functional groups attached to an aromatic ring is 1. The first-order valence-corrected chi connectivity index (χ1v) is 9.26. The molecule has 26 heavy (non-hydrogen) atoms. The number of hydrogen-bond donors (Lipinski definition) is 3. The van der Waals surface area contributed by atoms with Gasteiger partial charge >= 0.3 is 0 Å². The summed E-state index contributed by atoms with van der Waals surface area (Å²) in [5.74, 6) is 0.231. The molecule has 5 nitrogen and oxygen atoms in total. The molecule has 1 aliphatic carbocycles. The van der Waals surface area contributed by atoms with E-state index in [0.29, 0.717) is 33.8 Å². The molecule has 4 N–H and O–H groups in total. The lowest BCUT2D eigenvalue weighted by atomic mass is 9.95. The van der Waals surface area contributed by atoms with Crippen LogP contribution in [0.15, 0.2) is 36.4 Å². The van der Waals surface area contributed by atoms with E-state index in [0.717, 1.165) is 18.5 Å². The van der Waals surface area contributed by atoms with Crippen molar-refractivity contribution in [3.05, 3.63) is 47.0 Å². The van der Waals surface area contributed by atoms with E-state index < -0.39 is 0 Å². The van der Waals surface area contributed by atoms with E-state index in [-0.39, 0.29) is 5.91 Å². The zero-order chi connectivity index (χ0) is 18.5. The summed E-state index contributed by atoms with van der Waals surface area (Å²) in [5.41, 5.74) is 8.47. The van der Waals surface area contributed by atoms with E-state index >= 15 is 0 Å². The van der Waals surface area contributed by atoms with Crippen LogP contribution in [-0.4, -0.2) is 19.1 Å². The van der Waals surface area contributed by atoms with Gasteiger partial charge in [-0.05, 0) is 37.1 Å². The lowest BCUT2D eigenvalue weighted by Gasteiger charge is -2.25.